The Morgan fingerprint density at radius 1 is 0.391 bits per heavy atom. The first-order valence-corrected chi connectivity index (χ1v) is 23.0. The summed E-state index contributed by atoms with van der Waals surface area (Å²) in [4.78, 5) is 0. The van der Waals surface area contributed by atoms with Gasteiger partial charge in [-0.1, -0.05) is 125 Å². The third-order valence-electron chi connectivity index (χ3n) is 13.6. The van der Waals surface area contributed by atoms with Gasteiger partial charge in [-0.3, -0.25) is 0 Å². The Kier molecular flexibility index (Phi) is 13.8. The summed E-state index contributed by atoms with van der Waals surface area (Å²) in [5.41, 5.74) is 8.21. The smallest absolute Gasteiger partial charge is 0.399 e. The number of halogens is 1. The van der Waals surface area contributed by atoms with E-state index in [-0.39, 0.29) is 55.0 Å². The summed E-state index contributed by atoms with van der Waals surface area (Å²) < 4.78 is 38.1. The van der Waals surface area contributed by atoms with E-state index in [2.05, 4.69) is 208 Å². The lowest BCUT2D eigenvalue weighted by Gasteiger charge is -2.32. The molecule has 3 saturated heterocycles. The van der Waals surface area contributed by atoms with Crippen LogP contribution in [0.5, 0.6) is 0 Å². The molecule has 0 spiro atoms. The third kappa shape index (κ3) is 10.5. The van der Waals surface area contributed by atoms with Crippen molar-refractivity contribution < 1.29 is 27.9 Å². The Hall–Kier alpha value is -4.34. The Morgan fingerprint density at radius 3 is 1.22 bits per heavy atom. The van der Waals surface area contributed by atoms with Crippen molar-refractivity contribution in [3.05, 3.63) is 168 Å². The van der Waals surface area contributed by atoms with Crippen LogP contribution in [-0.4, -0.2) is 55.0 Å². The molecule has 3 fully saturated rings. The summed E-state index contributed by atoms with van der Waals surface area (Å²) >= 11 is 3.45. The molecule has 64 heavy (non-hydrogen) atoms. The molecule has 3 aliphatic heterocycles. The monoisotopic (exact) mass is 917 g/mol. The molecule has 0 bridgehead atoms. The van der Waals surface area contributed by atoms with Gasteiger partial charge in [0.2, 0.25) is 0 Å². The van der Waals surface area contributed by atoms with Crippen LogP contribution in [0.2, 0.25) is 0 Å². The van der Waals surface area contributed by atoms with E-state index in [9.17, 15) is 0 Å². The first-order chi connectivity index (χ1) is 30.1. The average molecular weight is 918 g/mol. The standard InChI is InChI=1S/C24H25BO2.C18H28B2O4.C12H8Br/c1-23(2)24(3,4)27-25(26-23)22-15-9-14-21(17-22)20-13-8-12-19(16-20)18-10-6-5-7-11-18;1-15(2)16(3,4)22-19(21-15)13-10-9-11-14(12-13)20-23-17(5,6)18(7,8)24-20;13-12-8-4-7-11(9-12)10-5-2-1-3-6-10/h5-17H,1-4H3;9-12H,1-8H3;2-9H/q;;+1. The van der Waals surface area contributed by atoms with Gasteiger partial charge in [0.25, 0.3) is 0 Å². The van der Waals surface area contributed by atoms with Gasteiger partial charge in [-0.05, 0) is 140 Å². The highest BCUT2D eigenvalue weighted by Gasteiger charge is 2.54. The maximum atomic E-state index is 6.21. The second kappa shape index (κ2) is 18.5. The fourth-order valence-corrected chi connectivity index (χ4v) is 7.81. The van der Waals surface area contributed by atoms with Crippen LogP contribution in [0.1, 0.15) is 88.6 Å². The molecule has 1 aliphatic carbocycles. The lowest BCUT2D eigenvalue weighted by Crippen LogP contribution is -2.41. The maximum absolute atomic E-state index is 6.21. The summed E-state index contributed by atoms with van der Waals surface area (Å²) in [6.45, 7) is 24.8. The maximum Gasteiger partial charge on any atom is 0.494 e. The van der Waals surface area contributed by atoms with Crippen LogP contribution >= 0.6 is 15.9 Å². The number of allylic oxidation sites excluding steroid dienone is 6. The Bertz CT molecular complexity index is 2430. The highest BCUT2D eigenvalue weighted by molar-refractivity contribution is 9.10. The van der Waals surface area contributed by atoms with Gasteiger partial charge in [-0.25, -0.2) is 0 Å². The molecule has 5 aromatic carbocycles. The van der Waals surface area contributed by atoms with Crippen molar-refractivity contribution in [2.24, 2.45) is 0 Å². The van der Waals surface area contributed by atoms with Crippen molar-refractivity contribution in [1.82, 2.24) is 0 Å². The topological polar surface area (TPSA) is 55.4 Å². The van der Waals surface area contributed by atoms with Gasteiger partial charge in [0.1, 0.15) is 12.2 Å². The van der Waals surface area contributed by atoms with Crippen LogP contribution in [0.3, 0.4) is 0 Å². The molecule has 9 rings (SSSR count). The Balaban J connectivity index is 0.000000152. The van der Waals surface area contributed by atoms with Crippen LogP contribution in [0.15, 0.2) is 156 Å². The number of hydrogen-bond acceptors (Lipinski definition) is 6. The van der Waals surface area contributed by atoms with Crippen LogP contribution in [0, 0.1) is 6.08 Å². The van der Waals surface area contributed by atoms with Gasteiger partial charge in [-0.2, -0.15) is 0 Å². The molecule has 0 atom stereocenters. The number of benzene rings is 5. The zero-order chi connectivity index (χ0) is 46.1. The molecule has 4 aliphatic rings. The largest absolute Gasteiger partial charge is 0.494 e. The molecular formula is C54H61B3BrO6+. The predicted molar refractivity (Wildman–Crippen MR) is 270 cm³/mol. The van der Waals surface area contributed by atoms with Crippen molar-refractivity contribution >= 4 is 59.2 Å². The molecule has 10 heteroatoms. The summed E-state index contributed by atoms with van der Waals surface area (Å²) in [6, 6.07) is 43.9. The lowest BCUT2D eigenvalue weighted by atomic mass is 9.72. The second-order valence-corrected chi connectivity index (χ2v) is 20.7. The quantitative estimate of drug-likeness (QED) is 0.125. The average Bonchev–Trinajstić information content (AvgIpc) is 3.74. The SMILES string of the molecule is Brc1cccc(C2=CC=[C+]C=C2)c1.CC1(C)OB(c2cccc(-c3cccc(-c4ccccc4)c3)c2)OC1(C)C.CC1(C)OB(c2cccc(B3OC(C)(C)C(C)(C)O3)c2)OC1(C)C. The van der Waals surface area contributed by atoms with Crippen molar-refractivity contribution in [1.29, 1.82) is 0 Å². The van der Waals surface area contributed by atoms with E-state index in [0.717, 1.165) is 20.9 Å². The fraction of sp³-hybridized carbons (Fsp3) is 0.333. The van der Waals surface area contributed by atoms with Crippen molar-refractivity contribution in [3.63, 3.8) is 0 Å². The molecule has 0 saturated carbocycles. The lowest BCUT2D eigenvalue weighted by molar-refractivity contribution is 0.00578. The van der Waals surface area contributed by atoms with Crippen LogP contribution in [-0.2, 0) is 27.9 Å². The highest BCUT2D eigenvalue weighted by atomic mass is 79.9. The van der Waals surface area contributed by atoms with Crippen LogP contribution < -0.4 is 16.4 Å². The predicted octanol–water partition coefficient (Wildman–Crippen LogP) is 11.4. The van der Waals surface area contributed by atoms with E-state index in [1.54, 1.807) is 0 Å². The van der Waals surface area contributed by atoms with Gasteiger partial charge in [0.15, 0.2) is 0 Å². The van der Waals surface area contributed by atoms with E-state index >= 15 is 0 Å². The van der Waals surface area contributed by atoms with Gasteiger partial charge in [0, 0.05) is 16.1 Å². The first-order valence-electron chi connectivity index (χ1n) is 22.2. The Labute approximate surface area is 392 Å². The van der Waals surface area contributed by atoms with E-state index < -0.39 is 0 Å². The van der Waals surface area contributed by atoms with Crippen molar-refractivity contribution in [3.8, 4) is 22.3 Å². The number of rotatable bonds is 6. The molecule has 3 heterocycles. The summed E-state index contributed by atoms with van der Waals surface area (Å²) in [5, 5.41) is 0. The van der Waals surface area contributed by atoms with Crippen molar-refractivity contribution in [2.75, 3.05) is 0 Å². The van der Waals surface area contributed by atoms with Gasteiger partial charge in [0.05, 0.1) is 51.3 Å². The third-order valence-corrected chi connectivity index (χ3v) is 14.0. The number of hydrogen-bond donors (Lipinski definition) is 0. The highest BCUT2D eigenvalue weighted by Crippen LogP contribution is 2.39. The normalized spacial score (nSPS) is 20.4. The van der Waals surface area contributed by atoms with E-state index in [1.165, 1.54) is 33.4 Å². The van der Waals surface area contributed by atoms with Gasteiger partial charge < -0.3 is 27.9 Å². The van der Waals surface area contributed by atoms with E-state index in [0.29, 0.717) is 0 Å². The van der Waals surface area contributed by atoms with Gasteiger partial charge in [-0.15, -0.1) is 0 Å². The molecule has 0 amide bonds. The molecule has 6 nitrogen and oxygen atoms in total. The minimum absolute atomic E-state index is 0.332. The van der Waals surface area contributed by atoms with E-state index in [1.807, 2.05) is 48.6 Å². The second-order valence-electron chi connectivity index (χ2n) is 19.8. The zero-order valence-electron chi connectivity index (χ0n) is 39.5. The zero-order valence-corrected chi connectivity index (χ0v) is 41.1. The minimum atomic E-state index is -0.377. The Morgan fingerprint density at radius 2 is 0.766 bits per heavy atom. The molecule has 328 valence electrons. The molecule has 0 aromatic heterocycles. The van der Waals surface area contributed by atoms with E-state index in [4.69, 9.17) is 27.9 Å². The fourth-order valence-electron chi connectivity index (χ4n) is 7.41. The molecular weight excluding hydrogens is 857 g/mol. The van der Waals surface area contributed by atoms with Crippen molar-refractivity contribution in [2.45, 2.75) is 117 Å². The van der Waals surface area contributed by atoms with Crippen LogP contribution in [0.25, 0.3) is 27.8 Å². The summed E-state index contributed by atoms with van der Waals surface area (Å²) in [7, 11) is -1.10. The first kappa shape index (κ1) is 47.6. The summed E-state index contributed by atoms with van der Waals surface area (Å²) in [5.74, 6) is 0. The molecule has 0 N–H and O–H groups in total. The van der Waals surface area contributed by atoms with Gasteiger partial charge >= 0.3 is 21.4 Å². The summed E-state index contributed by atoms with van der Waals surface area (Å²) in [6.07, 6.45) is 11.0. The molecule has 5 aromatic rings. The minimum Gasteiger partial charge on any atom is -0.399 e. The molecule has 0 radical (unpaired) electrons. The van der Waals surface area contributed by atoms with Crippen LogP contribution in [0.4, 0.5) is 0 Å². The molecule has 0 unspecified atom stereocenters.